The number of nitrogens with one attached hydrogen (secondary N) is 1. The van der Waals surface area contributed by atoms with Gasteiger partial charge < -0.3 is 34.6 Å². The van der Waals surface area contributed by atoms with Crippen LogP contribution >= 0.6 is 0 Å². The lowest BCUT2D eigenvalue weighted by Gasteiger charge is -2.47. The Morgan fingerprint density at radius 2 is 1.56 bits per heavy atom. The van der Waals surface area contributed by atoms with Gasteiger partial charge in [-0.25, -0.2) is 14.6 Å². The predicted octanol–water partition coefficient (Wildman–Crippen LogP) is 3.70. The minimum atomic E-state index is -1.26. The molecule has 3 aliphatic rings. The molecule has 3 aromatic rings. The van der Waals surface area contributed by atoms with Crippen molar-refractivity contribution in [2.75, 3.05) is 45.2 Å². The van der Waals surface area contributed by atoms with Crippen molar-refractivity contribution >= 4 is 34.6 Å². The lowest BCUT2D eigenvalue weighted by Crippen LogP contribution is -2.55. The van der Waals surface area contributed by atoms with Crippen LogP contribution in [0.4, 0.5) is 5.69 Å². The maximum absolute atomic E-state index is 13.4. The molecule has 3 saturated heterocycles. The van der Waals surface area contributed by atoms with Gasteiger partial charge >= 0.3 is 11.9 Å². The fourth-order valence-electron chi connectivity index (χ4n) is 6.36. The summed E-state index contributed by atoms with van der Waals surface area (Å²) >= 11 is 0. The number of hydrogen-bond donors (Lipinski definition) is 3. The molecule has 4 heterocycles. The highest BCUT2D eigenvalue weighted by atomic mass is 16.4. The number of likely N-dealkylation sites (N-methyl/N-ethyl adjacent to an activating group) is 1. The quantitative estimate of drug-likeness (QED) is 0.365. The van der Waals surface area contributed by atoms with E-state index in [4.69, 9.17) is 19.6 Å². The van der Waals surface area contributed by atoms with Crippen LogP contribution in [0.1, 0.15) is 42.5 Å². The van der Waals surface area contributed by atoms with Gasteiger partial charge in [0.25, 0.3) is 5.91 Å². The molecule has 228 valence electrons. The molecule has 1 aromatic heterocycles. The van der Waals surface area contributed by atoms with Gasteiger partial charge in [-0.05, 0) is 64.0 Å². The first-order valence-electron chi connectivity index (χ1n) is 14.8. The van der Waals surface area contributed by atoms with Crippen LogP contribution in [0.5, 0.6) is 0 Å². The third kappa shape index (κ3) is 7.23. The average molecular weight is 590 g/mol. The molecule has 2 bridgehead atoms. The molecule has 3 N–H and O–H groups in total. The number of anilines is 1. The standard InChI is InChI=1S/C28H35N5O2.C4H4O4/c1-31-13-15-33(16-14-31)24-11-4-3-9-22(24)28-30-26-23(10-6-12-25(26)35-28)27(34)29-19-17-20-7-5-8-21(18-19)32(20)2;5-3(6)1-2-4(7)8/h3-4,6,9-12,19-21H,5,7-8,13-18H2,1-2H3,(H,29,34);1-2H,(H,5,6)(H,7,8)/b;2-1-. The smallest absolute Gasteiger partial charge is 0.328 e. The van der Waals surface area contributed by atoms with Crippen LogP contribution in [-0.4, -0.2) is 101 Å². The topological polar surface area (TPSA) is 139 Å². The van der Waals surface area contributed by atoms with Crippen molar-refractivity contribution in [2.24, 2.45) is 0 Å². The van der Waals surface area contributed by atoms with Gasteiger partial charge in [0.1, 0.15) is 5.52 Å². The number of para-hydroxylation sites is 2. The van der Waals surface area contributed by atoms with Gasteiger partial charge in [-0.3, -0.25) is 4.79 Å². The number of carboxylic acid groups (broad SMARTS) is 2. The first-order chi connectivity index (χ1) is 20.7. The molecule has 1 amide bonds. The van der Waals surface area contributed by atoms with Crippen molar-refractivity contribution in [3.63, 3.8) is 0 Å². The molecule has 11 nitrogen and oxygen atoms in total. The maximum atomic E-state index is 13.4. The second kappa shape index (κ2) is 13.4. The lowest BCUT2D eigenvalue weighted by molar-refractivity contribution is -0.134. The summed E-state index contributed by atoms with van der Waals surface area (Å²) in [6.07, 6.45) is 6.93. The summed E-state index contributed by atoms with van der Waals surface area (Å²) in [5.74, 6) is -1.99. The molecule has 6 rings (SSSR count). The van der Waals surface area contributed by atoms with Crippen molar-refractivity contribution in [3.8, 4) is 11.5 Å². The number of oxazole rings is 1. The van der Waals surface area contributed by atoms with Crippen LogP contribution in [0.2, 0.25) is 0 Å². The SMILES string of the molecule is CN1CCN(c2ccccc2-c2nc3c(C(=O)NC4CC5CCCC(C4)N5C)cccc3o2)CC1.O=C(O)/C=C\C(=O)O. The number of carboxylic acids is 2. The van der Waals surface area contributed by atoms with Gasteiger partial charge in [0.15, 0.2) is 5.58 Å². The molecular weight excluding hydrogens is 550 g/mol. The highest BCUT2D eigenvalue weighted by Crippen LogP contribution is 2.35. The summed E-state index contributed by atoms with van der Waals surface area (Å²) in [6.45, 7) is 4.01. The van der Waals surface area contributed by atoms with Crippen molar-refractivity contribution < 1.29 is 29.0 Å². The number of fused-ring (bicyclic) bond motifs is 3. The Morgan fingerprint density at radius 3 is 2.21 bits per heavy atom. The second-order valence-corrected chi connectivity index (χ2v) is 11.5. The zero-order valence-corrected chi connectivity index (χ0v) is 24.6. The number of amides is 1. The third-order valence-corrected chi connectivity index (χ3v) is 8.69. The molecule has 2 atom stereocenters. The Bertz CT molecular complexity index is 1460. The van der Waals surface area contributed by atoms with Gasteiger partial charge in [0.05, 0.1) is 11.1 Å². The van der Waals surface area contributed by atoms with Crippen LogP contribution in [0.25, 0.3) is 22.6 Å². The van der Waals surface area contributed by atoms with Crippen LogP contribution in [0, 0.1) is 0 Å². The number of piperidine rings is 2. The molecule has 0 aliphatic carbocycles. The number of hydrogen-bond acceptors (Lipinski definition) is 8. The Hall–Kier alpha value is -4.22. The second-order valence-electron chi connectivity index (χ2n) is 11.5. The highest BCUT2D eigenvalue weighted by molar-refractivity contribution is 6.05. The number of carbonyl (C=O) groups excluding carboxylic acids is 1. The normalized spacial score (nSPS) is 22.7. The molecule has 0 radical (unpaired) electrons. The first-order valence-corrected chi connectivity index (χ1v) is 14.8. The number of rotatable bonds is 6. The molecule has 2 aromatic carbocycles. The molecule has 2 unspecified atom stereocenters. The average Bonchev–Trinajstić information content (AvgIpc) is 3.42. The van der Waals surface area contributed by atoms with E-state index < -0.39 is 11.9 Å². The molecule has 11 heteroatoms. The van der Waals surface area contributed by atoms with Gasteiger partial charge in [-0.15, -0.1) is 0 Å². The van der Waals surface area contributed by atoms with Crippen molar-refractivity contribution in [3.05, 3.63) is 60.2 Å². The number of carbonyl (C=O) groups is 3. The number of piperazine rings is 1. The van der Waals surface area contributed by atoms with E-state index in [0.717, 1.165) is 50.3 Å². The van der Waals surface area contributed by atoms with E-state index in [1.165, 1.54) is 19.3 Å². The Balaban J connectivity index is 0.000000407. The van der Waals surface area contributed by atoms with Crippen LogP contribution in [0.3, 0.4) is 0 Å². The zero-order valence-electron chi connectivity index (χ0n) is 24.6. The predicted molar refractivity (Wildman–Crippen MR) is 163 cm³/mol. The Morgan fingerprint density at radius 1 is 0.907 bits per heavy atom. The van der Waals surface area contributed by atoms with E-state index in [0.29, 0.717) is 46.8 Å². The fraction of sp³-hybridized carbons (Fsp3) is 0.438. The molecule has 0 spiro atoms. The summed E-state index contributed by atoms with van der Waals surface area (Å²) < 4.78 is 6.23. The van der Waals surface area contributed by atoms with Gasteiger partial charge in [-0.1, -0.05) is 24.6 Å². The molecule has 3 fully saturated rings. The van der Waals surface area contributed by atoms with Crippen molar-refractivity contribution in [2.45, 2.75) is 50.2 Å². The van der Waals surface area contributed by atoms with Crippen LogP contribution in [0.15, 0.2) is 59.0 Å². The minimum absolute atomic E-state index is 0.0459. The van der Waals surface area contributed by atoms with Gasteiger partial charge in [0, 0.05) is 62.1 Å². The number of nitrogens with zero attached hydrogens (tertiary/aromatic N) is 4. The number of aliphatic carboxylic acids is 2. The van der Waals surface area contributed by atoms with E-state index in [9.17, 15) is 14.4 Å². The fourth-order valence-corrected chi connectivity index (χ4v) is 6.36. The molecule has 3 aliphatic heterocycles. The summed E-state index contributed by atoms with van der Waals surface area (Å²) in [5.41, 5.74) is 4.00. The van der Waals surface area contributed by atoms with E-state index in [-0.39, 0.29) is 11.9 Å². The molecule has 43 heavy (non-hydrogen) atoms. The zero-order chi connectivity index (χ0) is 30.5. The lowest BCUT2D eigenvalue weighted by atomic mass is 9.82. The third-order valence-electron chi connectivity index (χ3n) is 8.69. The van der Waals surface area contributed by atoms with E-state index in [1.807, 2.05) is 24.3 Å². The monoisotopic (exact) mass is 589 g/mol. The van der Waals surface area contributed by atoms with E-state index in [1.54, 1.807) is 0 Å². The van der Waals surface area contributed by atoms with E-state index in [2.05, 4.69) is 52.3 Å². The van der Waals surface area contributed by atoms with Crippen molar-refractivity contribution in [1.29, 1.82) is 0 Å². The molecule has 0 saturated carbocycles. The summed E-state index contributed by atoms with van der Waals surface area (Å²) in [4.78, 5) is 44.6. The van der Waals surface area contributed by atoms with Gasteiger partial charge in [0.2, 0.25) is 5.89 Å². The van der Waals surface area contributed by atoms with Crippen LogP contribution in [-0.2, 0) is 9.59 Å². The summed E-state index contributed by atoms with van der Waals surface area (Å²) in [6, 6.07) is 15.3. The van der Waals surface area contributed by atoms with Crippen LogP contribution < -0.4 is 10.2 Å². The minimum Gasteiger partial charge on any atom is -0.478 e. The summed E-state index contributed by atoms with van der Waals surface area (Å²) in [7, 11) is 4.40. The van der Waals surface area contributed by atoms with E-state index >= 15 is 0 Å². The Labute approximate surface area is 250 Å². The number of benzene rings is 2. The maximum Gasteiger partial charge on any atom is 0.328 e. The van der Waals surface area contributed by atoms with Crippen molar-refractivity contribution in [1.82, 2.24) is 20.1 Å². The first kappa shape index (κ1) is 30.2. The highest BCUT2D eigenvalue weighted by Gasteiger charge is 2.36. The largest absolute Gasteiger partial charge is 0.478 e. The molecular formula is C32H39N5O6. The summed E-state index contributed by atoms with van der Waals surface area (Å²) in [5, 5.41) is 19.0. The number of aromatic nitrogens is 1. The van der Waals surface area contributed by atoms with Gasteiger partial charge in [-0.2, -0.15) is 0 Å². The Kier molecular flexibility index (Phi) is 9.42.